The monoisotopic (exact) mass is 348 g/mol. The van der Waals surface area contributed by atoms with Gasteiger partial charge in [0.15, 0.2) is 0 Å². The lowest BCUT2D eigenvalue weighted by Gasteiger charge is -2.18. The minimum absolute atomic E-state index is 0.590. The molecule has 0 radical (unpaired) electrons. The van der Waals surface area contributed by atoms with Crippen LogP contribution in [0.15, 0.2) is 46.9 Å². The van der Waals surface area contributed by atoms with Crippen LogP contribution in [-0.4, -0.2) is 11.9 Å². The first kappa shape index (κ1) is 15.1. The highest BCUT2D eigenvalue weighted by Gasteiger charge is 2.07. The van der Waals surface area contributed by atoms with Gasteiger partial charge in [-0.2, -0.15) is 5.26 Å². The molecule has 0 atom stereocenters. The van der Waals surface area contributed by atoms with E-state index < -0.39 is 0 Å². The highest BCUT2D eigenvalue weighted by molar-refractivity contribution is 9.10. The quantitative estimate of drug-likeness (QED) is 0.806. The molecule has 0 aliphatic heterocycles. The van der Waals surface area contributed by atoms with Gasteiger partial charge in [0.2, 0.25) is 0 Å². The number of rotatable bonds is 4. The van der Waals surface area contributed by atoms with Crippen molar-refractivity contribution in [1.82, 2.24) is 4.90 Å². The minimum atomic E-state index is 0.590. The van der Waals surface area contributed by atoms with Gasteiger partial charge in [0.25, 0.3) is 0 Å². The molecule has 0 amide bonds. The average Bonchev–Trinajstić information content (AvgIpc) is 2.43. The molecule has 2 nitrogen and oxygen atoms in total. The molecule has 0 aromatic heterocycles. The number of nitrogens with zero attached hydrogens (tertiary/aromatic N) is 2. The zero-order valence-electron chi connectivity index (χ0n) is 11.1. The molecule has 0 heterocycles. The molecule has 2 aromatic rings. The summed E-state index contributed by atoms with van der Waals surface area (Å²) >= 11 is 9.75. The molecule has 2 aromatic carbocycles. The Kier molecular flexibility index (Phi) is 5.19. The molecule has 102 valence electrons. The van der Waals surface area contributed by atoms with E-state index in [0.717, 1.165) is 23.1 Å². The third kappa shape index (κ3) is 3.83. The zero-order chi connectivity index (χ0) is 14.5. The molecule has 0 spiro atoms. The topological polar surface area (TPSA) is 27.0 Å². The summed E-state index contributed by atoms with van der Waals surface area (Å²) in [7, 11) is 2.05. The van der Waals surface area contributed by atoms with Crippen LogP contribution < -0.4 is 0 Å². The molecule has 0 N–H and O–H groups in total. The molecule has 0 unspecified atom stereocenters. The molecule has 0 saturated heterocycles. The van der Waals surface area contributed by atoms with E-state index in [9.17, 15) is 0 Å². The largest absolute Gasteiger partial charge is 0.298 e. The normalized spacial score (nSPS) is 10.6. The van der Waals surface area contributed by atoms with Crippen molar-refractivity contribution >= 4 is 27.5 Å². The number of hydrogen-bond acceptors (Lipinski definition) is 2. The van der Waals surface area contributed by atoms with E-state index in [4.69, 9.17) is 16.9 Å². The highest BCUT2D eigenvalue weighted by Crippen LogP contribution is 2.21. The molecular weight excluding hydrogens is 336 g/mol. The van der Waals surface area contributed by atoms with Crippen molar-refractivity contribution in [3.8, 4) is 6.07 Å². The predicted octanol–water partition coefficient (Wildman–Crippen LogP) is 4.61. The van der Waals surface area contributed by atoms with E-state index in [0.29, 0.717) is 10.6 Å². The van der Waals surface area contributed by atoms with Crippen LogP contribution in [0.25, 0.3) is 0 Å². The van der Waals surface area contributed by atoms with Crippen LogP contribution in [0, 0.1) is 11.3 Å². The fourth-order valence-corrected chi connectivity index (χ4v) is 2.66. The number of hydrogen-bond donors (Lipinski definition) is 0. The van der Waals surface area contributed by atoms with Crippen molar-refractivity contribution in [2.45, 2.75) is 13.1 Å². The summed E-state index contributed by atoms with van der Waals surface area (Å²) in [6.07, 6.45) is 0. The summed E-state index contributed by atoms with van der Waals surface area (Å²) in [6, 6.07) is 15.7. The van der Waals surface area contributed by atoms with Crippen LogP contribution in [0.1, 0.15) is 16.7 Å². The van der Waals surface area contributed by atoms with Gasteiger partial charge < -0.3 is 0 Å². The lowest BCUT2D eigenvalue weighted by Crippen LogP contribution is -2.17. The molecule has 2 rings (SSSR count). The van der Waals surface area contributed by atoms with Gasteiger partial charge in [-0.25, -0.2) is 0 Å². The zero-order valence-corrected chi connectivity index (χ0v) is 13.4. The molecule has 0 bridgehead atoms. The molecule has 0 aliphatic rings. The summed E-state index contributed by atoms with van der Waals surface area (Å²) in [5, 5.41) is 9.48. The number of halogens is 2. The lowest BCUT2D eigenvalue weighted by atomic mass is 10.1. The molecule has 0 saturated carbocycles. The summed E-state index contributed by atoms with van der Waals surface area (Å²) in [4.78, 5) is 2.19. The van der Waals surface area contributed by atoms with Crippen molar-refractivity contribution in [3.05, 3.63) is 68.7 Å². The Labute approximate surface area is 132 Å². The molecule has 0 aliphatic carbocycles. The highest BCUT2D eigenvalue weighted by atomic mass is 79.9. The van der Waals surface area contributed by atoms with E-state index in [1.807, 2.05) is 31.3 Å². The van der Waals surface area contributed by atoms with Crippen molar-refractivity contribution in [2.75, 3.05) is 7.05 Å². The average molecular weight is 350 g/mol. The maximum Gasteiger partial charge on any atom is 0.0992 e. The van der Waals surface area contributed by atoms with Gasteiger partial charge in [-0.15, -0.1) is 0 Å². The van der Waals surface area contributed by atoms with Crippen molar-refractivity contribution in [2.24, 2.45) is 0 Å². The van der Waals surface area contributed by atoms with Gasteiger partial charge >= 0.3 is 0 Å². The summed E-state index contributed by atoms with van der Waals surface area (Å²) in [5.74, 6) is 0. The Hall–Kier alpha value is -1.34. The Balaban J connectivity index is 2.07. The number of nitriles is 1. The maximum absolute atomic E-state index is 8.84. The van der Waals surface area contributed by atoms with Crippen LogP contribution in [-0.2, 0) is 13.1 Å². The Morgan fingerprint density at radius 3 is 2.50 bits per heavy atom. The van der Waals surface area contributed by atoms with Crippen LogP contribution in [0.2, 0.25) is 5.02 Å². The van der Waals surface area contributed by atoms with E-state index >= 15 is 0 Å². The van der Waals surface area contributed by atoms with Gasteiger partial charge in [0.1, 0.15) is 0 Å². The minimum Gasteiger partial charge on any atom is -0.298 e. The number of benzene rings is 2. The summed E-state index contributed by atoms with van der Waals surface area (Å²) in [5.41, 5.74) is 2.85. The van der Waals surface area contributed by atoms with Gasteiger partial charge in [-0.05, 0) is 36.4 Å². The van der Waals surface area contributed by atoms with Crippen LogP contribution >= 0.6 is 27.5 Å². The van der Waals surface area contributed by atoms with Gasteiger partial charge in [0, 0.05) is 22.6 Å². The third-order valence-corrected chi connectivity index (χ3v) is 4.15. The molecular formula is C16H14BrClN2. The fourth-order valence-electron chi connectivity index (χ4n) is 2.01. The van der Waals surface area contributed by atoms with Crippen LogP contribution in [0.4, 0.5) is 0 Å². The maximum atomic E-state index is 8.84. The SMILES string of the molecule is CN(Cc1ccc(C#N)cc1Cl)Cc1ccccc1Br. The summed E-state index contributed by atoms with van der Waals surface area (Å²) in [6.45, 7) is 1.57. The van der Waals surface area contributed by atoms with Crippen LogP contribution in [0.3, 0.4) is 0 Å². The van der Waals surface area contributed by atoms with E-state index in [1.54, 1.807) is 12.1 Å². The van der Waals surface area contributed by atoms with Crippen molar-refractivity contribution < 1.29 is 0 Å². The standard InChI is InChI=1S/C16H14BrClN2/c1-20(10-13-4-2-3-5-15(13)17)11-14-7-6-12(9-19)8-16(14)18/h2-8H,10-11H2,1H3. The smallest absolute Gasteiger partial charge is 0.0992 e. The summed E-state index contributed by atoms with van der Waals surface area (Å²) < 4.78 is 1.11. The van der Waals surface area contributed by atoms with Crippen molar-refractivity contribution in [1.29, 1.82) is 5.26 Å². The Morgan fingerprint density at radius 2 is 1.85 bits per heavy atom. The Morgan fingerprint density at radius 1 is 1.15 bits per heavy atom. The lowest BCUT2D eigenvalue weighted by molar-refractivity contribution is 0.318. The van der Waals surface area contributed by atoms with Crippen molar-refractivity contribution in [3.63, 3.8) is 0 Å². The van der Waals surface area contributed by atoms with E-state index in [2.05, 4.69) is 33.0 Å². The second-order valence-electron chi connectivity index (χ2n) is 4.68. The van der Waals surface area contributed by atoms with E-state index in [1.165, 1.54) is 5.56 Å². The first-order valence-electron chi connectivity index (χ1n) is 6.20. The first-order valence-corrected chi connectivity index (χ1v) is 7.37. The third-order valence-electron chi connectivity index (χ3n) is 3.02. The van der Waals surface area contributed by atoms with Gasteiger partial charge in [0.05, 0.1) is 11.6 Å². The first-order chi connectivity index (χ1) is 9.60. The molecule has 4 heteroatoms. The Bertz CT molecular complexity index is 649. The molecule has 0 fully saturated rings. The van der Waals surface area contributed by atoms with Gasteiger partial charge in [-0.1, -0.05) is 51.8 Å². The van der Waals surface area contributed by atoms with Crippen LogP contribution in [0.5, 0.6) is 0 Å². The second kappa shape index (κ2) is 6.90. The predicted molar refractivity (Wildman–Crippen MR) is 85.5 cm³/mol. The van der Waals surface area contributed by atoms with Gasteiger partial charge in [-0.3, -0.25) is 4.90 Å². The van der Waals surface area contributed by atoms with E-state index in [-0.39, 0.29) is 0 Å². The second-order valence-corrected chi connectivity index (χ2v) is 5.94. The molecule has 20 heavy (non-hydrogen) atoms. The fraction of sp³-hybridized carbons (Fsp3) is 0.188.